The molecule has 2 aromatic carbocycles. The number of aryl methyl sites for hydroxylation is 1. The molecule has 0 aliphatic rings. The van der Waals surface area contributed by atoms with Crippen molar-refractivity contribution in [2.45, 2.75) is 5.16 Å². The van der Waals surface area contributed by atoms with E-state index >= 15 is 0 Å². The standard InChI is InChI=1S/C16H15N5O2S/c1-21-16(18-19-20-21)24-11-15(22)17-13-9-5-6-10-14(13)23-12-7-3-2-4-8-12/h2-10H,11H2,1H3,(H,17,22). The van der Waals surface area contributed by atoms with Crippen molar-refractivity contribution in [2.75, 3.05) is 11.1 Å². The van der Waals surface area contributed by atoms with Gasteiger partial charge >= 0.3 is 0 Å². The van der Waals surface area contributed by atoms with Crippen LogP contribution in [0.4, 0.5) is 5.69 Å². The van der Waals surface area contributed by atoms with Gasteiger partial charge in [-0.3, -0.25) is 4.79 Å². The average molecular weight is 341 g/mol. The number of amides is 1. The number of nitrogens with one attached hydrogen (secondary N) is 1. The predicted molar refractivity (Wildman–Crippen MR) is 91.1 cm³/mol. The van der Waals surface area contributed by atoms with E-state index in [9.17, 15) is 4.79 Å². The quantitative estimate of drug-likeness (QED) is 0.694. The van der Waals surface area contributed by atoms with Crippen molar-refractivity contribution in [1.29, 1.82) is 0 Å². The first-order chi connectivity index (χ1) is 11.7. The number of anilines is 1. The lowest BCUT2D eigenvalue weighted by Gasteiger charge is -2.12. The van der Waals surface area contributed by atoms with Crippen molar-refractivity contribution in [2.24, 2.45) is 7.05 Å². The van der Waals surface area contributed by atoms with Crippen LogP contribution in [0.15, 0.2) is 59.8 Å². The van der Waals surface area contributed by atoms with Gasteiger partial charge in [-0.2, -0.15) is 0 Å². The summed E-state index contributed by atoms with van der Waals surface area (Å²) in [6.07, 6.45) is 0. The third kappa shape index (κ3) is 4.11. The lowest BCUT2D eigenvalue weighted by Crippen LogP contribution is -2.15. The molecule has 0 bridgehead atoms. The lowest BCUT2D eigenvalue weighted by molar-refractivity contribution is -0.113. The number of carbonyl (C=O) groups is 1. The Balaban J connectivity index is 1.64. The summed E-state index contributed by atoms with van der Waals surface area (Å²) < 4.78 is 7.34. The fourth-order valence-electron chi connectivity index (χ4n) is 1.93. The highest BCUT2D eigenvalue weighted by atomic mass is 32.2. The zero-order valence-electron chi connectivity index (χ0n) is 12.9. The molecule has 0 saturated carbocycles. The van der Waals surface area contributed by atoms with Gasteiger partial charge < -0.3 is 10.1 Å². The summed E-state index contributed by atoms with van der Waals surface area (Å²) in [5, 5.41) is 14.5. The maximum Gasteiger partial charge on any atom is 0.234 e. The molecule has 0 fully saturated rings. The fraction of sp³-hybridized carbons (Fsp3) is 0.125. The Hall–Kier alpha value is -2.87. The molecule has 1 N–H and O–H groups in total. The van der Waals surface area contributed by atoms with Gasteiger partial charge in [0.1, 0.15) is 5.75 Å². The number of thioether (sulfide) groups is 1. The van der Waals surface area contributed by atoms with Crippen LogP contribution in [-0.2, 0) is 11.8 Å². The number of hydrogen-bond donors (Lipinski definition) is 1. The summed E-state index contributed by atoms with van der Waals surface area (Å²) in [5.74, 6) is 1.33. The molecule has 0 aliphatic carbocycles. The van der Waals surface area contributed by atoms with Crippen LogP contribution in [0.5, 0.6) is 11.5 Å². The average Bonchev–Trinajstić information content (AvgIpc) is 3.01. The van der Waals surface area contributed by atoms with Gasteiger partial charge in [0.05, 0.1) is 11.4 Å². The smallest absolute Gasteiger partial charge is 0.234 e. The van der Waals surface area contributed by atoms with Crippen molar-refractivity contribution in [3.8, 4) is 11.5 Å². The van der Waals surface area contributed by atoms with Crippen molar-refractivity contribution in [3.63, 3.8) is 0 Å². The Morgan fingerprint density at radius 1 is 1.17 bits per heavy atom. The Bertz CT molecular complexity index is 822. The van der Waals surface area contributed by atoms with Crippen LogP contribution < -0.4 is 10.1 Å². The largest absolute Gasteiger partial charge is 0.455 e. The topological polar surface area (TPSA) is 81.9 Å². The van der Waals surface area contributed by atoms with Gasteiger partial charge in [0.25, 0.3) is 0 Å². The summed E-state index contributed by atoms with van der Waals surface area (Å²) in [6, 6.07) is 16.7. The maximum absolute atomic E-state index is 12.2. The second-order valence-electron chi connectivity index (χ2n) is 4.83. The predicted octanol–water partition coefficient (Wildman–Crippen LogP) is 2.73. The van der Waals surface area contributed by atoms with E-state index in [1.54, 1.807) is 13.1 Å². The van der Waals surface area contributed by atoms with E-state index in [0.29, 0.717) is 22.3 Å². The molecule has 1 aromatic heterocycles. The monoisotopic (exact) mass is 341 g/mol. The zero-order valence-corrected chi connectivity index (χ0v) is 13.7. The molecule has 0 unspecified atom stereocenters. The third-order valence-corrected chi connectivity index (χ3v) is 4.06. The van der Waals surface area contributed by atoms with E-state index < -0.39 is 0 Å². The highest BCUT2D eigenvalue weighted by molar-refractivity contribution is 7.99. The molecule has 1 amide bonds. The first kappa shape index (κ1) is 16.0. The van der Waals surface area contributed by atoms with Crippen LogP contribution in [0.3, 0.4) is 0 Å². The molecule has 1 heterocycles. The molecule has 122 valence electrons. The molecule has 0 aliphatic heterocycles. The Labute approximate surface area is 143 Å². The van der Waals surface area contributed by atoms with E-state index in [2.05, 4.69) is 20.8 Å². The summed E-state index contributed by atoms with van der Waals surface area (Å²) in [7, 11) is 1.73. The minimum absolute atomic E-state index is 0.160. The second-order valence-corrected chi connectivity index (χ2v) is 5.78. The van der Waals surface area contributed by atoms with Crippen LogP contribution in [0.25, 0.3) is 0 Å². The second kappa shape index (κ2) is 7.60. The van der Waals surface area contributed by atoms with Gasteiger partial charge in [-0.1, -0.05) is 42.1 Å². The van der Waals surface area contributed by atoms with Crippen LogP contribution >= 0.6 is 11.8 Å². The third-order valence-electron chi connectivity index (χ3n) is 3.05. The normalized spacial score (nSPS) is 10.4. The van der Waals surface area contributed by atoms with Crippen LogP contribution in [0.2, 0.25) is 0 Å². The number of nitrogens with zero attached hydrogens (tertiary/aromatic N) is 4. The maximum atomic E-state index is 12.2. The molecule has 7 nitrogen and oxygen atoms in total. The molecule has 8 heteroatoms. The molecule has 24 heavy (non-hydrogen) atoms. The van der Waals surface area contributed by atoms with E-state index in [0.717, 1.165) is 0 Å². The summed E-state index contributed by atoms with van der Waals surface area (Å²) in [4.78, 5) is 12.2. The number of tetrazole rings is 1. The zero-order chi connectivity index (χ0) is 16.8. The molecule has 0 atom stereocenters. The van der Waals surface area contributed by atoms with Crippen LogP contribution in [0.1, 0.15) is 0 Å². The van der Waals surface area contributed by atoms with Crippen molar-refractivity contribution in [3.05, 3.63) is 54.6 Å². The number of benzene rings is 2. The van der Waals surface area contributed by atoms with Crippen LogP contribution in [0, 0.1) is 0 Å². The first-order valence-electron chi connectivity index (χ1n) is 7.19. The minimum Gasteiger partial charge on any atom is -0.455 e. The van der Waals surface area contributed by atoms with E-state index in [1.165, 1.54) is 16.4 Å². The van der Waals surface area contributed by atoms with Gasteiger partial charge in [-0.15, -0.1) is 5.10 Å². The number of carbonyl (C=O) groups excluding carboxylic acids is 1. The van der Waals surface area contributed by atoms with Gasteiger partial charge in [-0.05, 0) is 34.7 Å². The summed E-state index contributed by atoms with van der Waals surface area (Å²) in [6.45, 7) is 0. The van der Waals surface area contributed by atoms with Gasteiger partial charge in [0.2, 0.25) is 11.1 Å². The summed E-state index contributed by atoms with van der Waals surface area (Å²) in [5.41, 5.74) is 0.614. The van der Waals surface area contributed by atoms with E-state index in [1.807, 2.05) is 48.5 Å². The lowest BCUT2D eigenvalue weighted by atomic mass is 10.3. The first-order valence-corrected chi connectivity index (χ1v) is 8.18. The molecule has 0 radical (unpaired) electrons. The van der Waals surface area contributed by atoms with Gasteiger partial charge in [0.15, 0.2) is 5.75 Å². The molecular formula is C16H15N5O2S. The molecular weight excluding hydrogens is 326 g/mol. The van der Waals surface area contributed by atoms with E-state index in [-0.39, 0.29) is 11.7 Å². The molecule has 3 rings (SSSR count). The molecule has 0 saturated heterocycles. The van der Waals surface area contributed by atoms with E-state index in [4.69, 9.17) is 4.74 Å². The van der Waals surface area contributed by atoms with Crippen LogP contribution in [-0.4, -0.2) is 31.9 Å². The highest BCUT2D eigenvalue weighted by Crippen LogP contribution is 2.29. The number of rotatable bonds is 6. The Kier molecular flexibility index (Phi) is 5.07. The number of para-hydroxylation sites is 3. The SMILES string of the molecule is Cn1nnnc1SCC(=O)Nc1ccccc1Oc1ccccc1. The Morgan fingerprint density at radius 3 is 2.67 bits per heavy atom. The molecule has 3 aromatic rings. The Morgan fingerprint density at radius 2 is 1.92 bits per heavy atom. The fourth-order valence-corrected chi connectivity index (χ4v) is 2.58. The van der Waals surface area contributed by atoms with Crippen molar-refractivity contribution >= 4 is 23.4 Å². The van der Waals surface area contributed by atoms with Crippen molar-refractivity contribution < 1.29 is 9.53 Å². The van der Waals surface area contributed by atoms with Crippen molar-refractivity contribution in [1.82, 2.24) is 20.2 Å². The molecule has 0 spiro atoms. The number of ether oxygens (including phenoxy) is 1. The van der Waals surface area contributed by atoms with Gasteiger partial charge in [0, 0.05) is 7.05 Å². The van der Waals surface area contributed by atoms with Gasteiger partial charge in [-0.25, -0.2) is 4.68 Å². The minimum atomic E-state index is -0.160. The number of hydrogen-bond acceptors (Lipinski definition) is 6. The summed E-state index contributed by atoms with van der Waals surface area (Å²) >= 11 is 1.26. The highest BCUT2D eigenvalue weighted by Gasteiger charge is 2.11. The number of aromatic nitrogens is 4.